The molecule has 22 heavy (non-hydrogen) atoms. The van der Waals surface area contributed by atoms with E-state index in [-0.39, 0.29) is 17.8 Å². The minimum absolute atomic E-state index is 0.128. The highest BCUT2D eigenvalue weighted by Gasteiger charge is 2.36. The van der Waals surface area contributed by atoms with Crippen molar-refractivity contribution in [3.63, 3.8) is 0 Å². The van der Waals surface area contributed by atoms with Gasteiger partial charge in [0, 0.05) is 12.2 Å². The van der Waals surface area contributed by atoms with E-state index >= 15 is 0 Å². The number of β-amino-alcohol motifs (C(OH)–C–C–N with tert-alkyl or cyclic N) is 1. The number of aliphatic hydroxyl groups excluding tert-OH is 1. The molecule has 0 spiro atoms. The Bertz CT molecular complexity index is 693. The highest BCUT2D eigenvalue weighted by Crippen LogP contribution is 2.33. The molecule has 4 nitrogen and oxygen atoms in total. The molecule has 2 atom stereocenters. The molecule has 5 heteroatoms. The molecule has 0 bridgehead atoms. The second kappa shape index (κ2) is 5.57. The highest BCUT2D eigenvalue weighted by molar-refractivity contribution is 5.94. The summed E-state index contributed by atoms with van der Waals surface area (Å²) in [6.45, 7) is 4.08. The first-order chi connectivity index (χ1) is 10.5. The molecule has 1 aliphatic rings. The Hall–Kier alpha value is -2.14. The predicted octanol–water partition coefficient (Wildman–Crippen LogP) is 2.72. The lowest BCUT2D eigenvalue weighted by Gasteiger charge is -2.24. The Morgan fingerprint density at radius 1 is 1.32 bits per heavy atom. The summed E-state index contributed by atoms with van der Waals surface area (Å²) in [6, 6.07) is 7.80. The summed E-state index contributed by atoms with van der Waals surface area (Å²) in [5.74, 6) is -0.438. The van der Waals surface area contributed by atoms with E-state index in [4.69, 9.17) is 0 Å². The summed E-state index contributed by atoms with van der Waals surface area (Å²) in [7, 11) is 0. The van der Waals surface area contributed by atoms with Crippen LogP contribution >= 0.6 is 0 Å². The first-order valence-electron chi connectivity index (χ1n) is 7.36. The van der Waals surface area contributed by atoms with Crippen LogP contribution in [0, 0.1) is 19.7 Å². The van der Waals surface area contributed by atoms with E-state index in [1.165, 1.54) is 12.1 Å². The topological polar surface area (TPSA) is 56.3 Å². The number of aryl methyl sites for hydroxylation is 2. The van der Waals surface area contributed by atoms with Crippen LogP contribution in [0.5, 0.6) is 0 Å². The molecule has 1 aliphatic heterocycles. The number of rotatable bonds is 2. The first kappa shape index (κ1) is 14.8. The van der Waals surface area contributed by atoms with Gasteiger partial charge in [-0.2, -0.15) is 0 Å². The molecule has 3 rings (SSSR count). The van der Waals surface area contributed by atoms with Gasteiger partial charge in [0.2, 0.25) is 0 Å². The second-order valence-electron chi connectivity index (χ2n) is 5.92. The van der Waals surface area contributed by atoms with Gasteiger partial charge in [0.25, 0.3) is 5.91 Å². The van der Waals surface area contributed by atoms with Crippen molar-refractivity contribution >= 4 is 5.91 Å². The number of carbonyl (C=O) groups is 1. The molecule has 0 radical (unpaired) electrons. The molecule has 2 N–H and O–H groups in total. The average Bonchev–Trinajstić information content (AvgIpc) is 3.01. The third kappa shape index (κ3) is 2.64. The number of likely N-dealkylation sites (tertiary alicyclic amines) is 1. The van der Waals surface area contributed by atoms with E-state index in [1.54, 1.807) is 17.0 Å². The lowest BCUT2D eigenvalue weighted by atomic mass is 10.0. The normalized spacial score (nSPS) is 21.4. The van der Waals surface area contributed by atoms with Crippen LogP contribution in [0.4, 0.5) is 4.39 Å². The van der Waals surface area contributed by atoms with E-state index in [9.17, 15) is 14.3 Å². The number of hydrogen-bond donors (Lipinski definition) is 2. The lowest BCUT2D eigenvalue weighted by Crippen LogP contribution is -2.32. The number of aromatic amines is 1. The zero-order valence-corrected chi connectivity index (χ0v) is 12.6. The summed E-state index contributed by atoms with van der Waals surface area (Å²) in [4.78, 5) is 17.5. The van der Waals surface area contributed by atoms with Crippen molar-refractivity contribution in [3.8, 4) is 0 Å². The number of aliphatic hydroxyl groups is 1. The molecule has 1 aromatic carbocycles. The van der Waals surface area contributed by atoms with Crippen LogP contribution in [-0.2, 0) is 0 Å². The molecule has 0 aliphatic carbocycles. The number of carbonyl (C=O) groups excluding carboxylic acids is 1. The zero-order valence-electron chi connectivity index (χ0n) is 12.6. The van der Waals surface area contributed by atoms with E-state index in [1.807, 2.05) is 19.9 Å². The largest absolute Gasteiger partial charge is 0.391 e. The minimum Gasteiger partial charge on any atom is -0.391 e. The number of nitrogens with zero attached hydrogens (tertiary/aromatic N) is 1. The molecular weight excluding hydrogens is 283 g/mol. The van der Waals surface area contributed by atoms with Crippen LogP contribution in [0.15, 0.2) is 30.3 Å². The van der Waals surface area contributed by atoms with Gasteiger partial charge in [-0.3, -0.25) is 4.79 Å². The Kier molecular flexibility index (Phi) is 3.74. The van der Waals surface area contributed by atoms with E-state index in [0.29, 0.717) is 18.7 Å². The van der Waals surface area contributed by atoms with Gasteiger partial charge < -0.3 is 15.0 Å². The number of hydrogen-bond acceptors (Lipinski definition) is 2. The number of benzene rings is 1. The first-order valence-corrected chi connectivity index (χ1v) is 7.36. The van der Waals surface area contributed by atoms with Crippen molar-refractivity contribution in [1.82, 2.24) is 9.88 Å². The van der Waals surface area contributed by atoms with E-state index in [0.717, 1.165) is 16.8 Å². The molecule has 116 valence electrons. The summed E-state index contributed by atoms with van der Waals surface area (Å²) < 4.78 is 13.1. The molecule has 2 aromatic rings. The summed E-state index contributed by atoms with van der Waals surface area (Å²) >= 11 is 0. The fourth-order valence-corrected chi connectivity index (χ4v) is 3.13. The van der Waals surface area contributed by atoms with Gasteiger partial charge >= 0.3 is 0 Å². The summed E-state index contributed by atoms with van der Waals surface area (Å²) in [5.41, 5.74) is 3.21. The summed E-state index contributed by atoms with van der Waals surface area (Å²) in [6.07, 6.45) is -0.0915. The molecule has 0 saturated carbocycles. The molecule has 2 heterocycles. The fourth-order valence-electron chi connectivity index (χ4n) is 3.13. The number of nitrogens with one attached hydrogen (secondary N) is 1. The second-order valence-corrected chi connectivity index (χ2v) is 5.92. The quantitative estimate of drug-likeness (QED) is 0.896. The average molecular weight is 302 g/mol. The SMILES string of the molecule is Cc1cc(C)c(C(=O)N2C[C@@H](O)C[C@@H]2c2ccc(F)cc2)[nH]1. The fraction of sp³-hybridized carbons (Fsp3) is 0.353. The standard InChI is InChI=1S/C17H19FN2O2/c1-10-7-11(2)19-16(10)17(22)20-9-14(21)8-15(20)12-3-5-13(18)6-4-12/h3-7,14-15,19,21H,8-9H2,1-2H3/t14-,15+/m0/s1. The maximum absolute atomic E-state index is 13.1. The van der Waals surface area contributed by atoms with Gasteiger partial charge in [0.05, 0.1) is 12.1 Å². The molecule has 0 unspecified atom stereocenters. The molecule has 1 fully saturated rings. The highest BCUT2D eigenvalue weighted by atomic mass is 19.1. The predicted molar refractivity (Wildman–Crippen MR) is 81.1 cm³/mol. The van der Waals surface area contributed by atoms with E-state index < -0.39 is 6.10 Å². The lowest BCUT2D eigenvalue weighted by molar-refractivity contribution is 0.0709. The van der Waals surface area contributed by atoms with Crippen LogP contribution in [0.2, 0.25) is 0 Å². The Morgan fingerprint density at radius 3 is 2.59 bits per heavy atom. The van der Waals surface area contributed by atoms with Crippen molar-refractivity contribution in [3.05, 3.63) is 58.7 Å². The molecule has 1 saturated heterocycles. The van der Waals surface area contributed by atoms with Crippen LogP contribution in [-0.4, -0.2) is 33.5 Å². The van der Waals surface area contributed by atoms with Crippen LogP contribution in [0.3, 0.4) is 0 Å². The third-order valence-corrected chi connectivity index (χ3v) is 4.16. The van der Waals surface area contributed by atoms with Crippen LogP contribution in [0.25, 0.3) is 0 Å². The Labute approximate surface area is 128 Å². The van der Waals surface area contributed by atoms with Gasteiger partial charge in [-0.25, -0.2) is 4.39 Å². The zero-order chi connectivity index (χ0) is 15.9. The van der Waals surface area contributed by atoms with Gasteiger partial charge in [-0.15, -0.1) is 0 Å². The Morgan fingerprint density at radius 2 is 2.00 bits per heavy atom. The van der Waals surface area contributed by atoms with Gasteiger partial charge in [-0.05, 0) is 49.6 Å². The maximum Gasteiger partial charge on any atom is 0.271 e. The minimum atomic E-state index is -0.560. The van der Waals surface area contributed by atoms with Crippen molar-refractivity contribution in [2.75, 3.05) is 6.54 Å². The maximum atomic E-state index is 13.1. The number of halogens is 1. The van der Waals surface area contributed by atoms with Crippen molar-refractivity contribution in [2.24, 2.45) is 0 Å². The smallest absolute Gasteiger partial charge is 0.271 e. The number of aromatic nitrogens is 1. The van der Waals surface area contributed by atoms with Gasteiger partial charge in [0.15, 0.2) is 0 Å². The van der Waals surface area contributed by atoms with Crippen molar-refractivity contribution in [1.29, 1.82) is 0 Å². The number of amides is 1. The Balaban J connectivity index is 1.92. The molecule has 1 amide bonds. The molecule has 1 aromatic heterocycles. The third-order valence-electron chi connectivity index (χ3n) is 4.16. The van der Waals surface area contributed by atoms with E-state index in [2.05, 4.69) is 4.98 Å². The van der Waals surface area contributed by atoms with Crippen LogP contribution in [0.1, 0.15) is 39.8 Å². The summed E-state index contributed by atoms with van der Waals surface area (Å²) in [5, 5.41) is 9.98. The van der Waals surface area contributed by atoms with Gasteiger partial charge in [0.1, 0.15) is 11.5 Å². The molecular formula is C17H19FN2O2. The van der Waals surface area contributed by atoms with Crippen molar-refractivity contribution < 1.29 is 14.3 Å². The van der Waals surface area contributed by atoms with Crippen LogP contribution < -0.4 is 0 Å². The monoisotopic (exact) mass is 302 g/mol. The number of H-pyrrole nitrogens is 1. The van der Waals surface area contributed by atoms with Gasteiger partial charge in [-0.1, -0.05) is 12.1 Å². The van der Waals surface area contributed by atoms with Crippen molar-refractivity contribution in [2.45, 2.75) is 32.4 Å².